The minimum absolute atomic E-state index is 0.282. The molecule has 2 N–H and O–H groups in total. The average Bonchev–Trinajstić information content (AvgIpc) is 3.18. The van der Waals surface area contributed by atoms with Gasteiger partial charge in [0, 0.05) is 16.8 Å². The fraction of sp³-hybridized carbons (Fsp3) is 0.0667. The third-order valence-electron chi connectivity index (χ3n) is 2.91. The van der Waals surface area contributed by atoms with Gasteiger partial charge >= 0.3 is 0 Å². The predicted molar refractivity (Wildman–Crippen MR) is 92.7 cm³/mol. The number of aromatic nitrogens is 1. The van der Waals surface area contributed by atoms with Gasteiger partial charge in [0.05, 0.1) is 12.5 Å². The Morgan fingerprint density at radius 2 is 1.88 bits per heavy atom. The Hall–Kier alpha value is -2.65. The van der Waals surface area contributed by atoms with Gasteiger partial charge in [0.25, 0.3) is 5.91 Å². The Morgan fingerprint density at radius 1 is 1.17 bits per heavy atom. The molecule has 1 aromatic carbocycles. The average molecular weight is 363 g/mol. The summed E-state index contributed by atoms with van der Waals surface area (Å²) in [5, 5.41) is 4.97. The van der Waals surface area contributed by atoms with Gasteiger partial charge in [-0.25, -0.2) is 13.4 Å². The first kappa shape index (κ1) is 16.2. The number of nitrogens with one attached hydrogen (secondary N) is 2. The van der Waals surface area contributed by atoms with E-state index in [-0.39, 0.29) is 11.6 Å². The number of rotatable bonds is 5. The molecule has 1 amide bonds. The number of amides is 1. The first-order valence-electron chi connectivity index (χ1n) is 6.79. The van der Waals surface area contributed by atoms with Crippen molar-refractivity contribution in [3.63, 3.8) is 0 Å². The van der Waals surface area contributed by atoms with Gasteiger partial charge < -0.3 is 9.73 Å². The fourth-order valence-corrected chi connectivity index (χ4v) is 3.25. The lowest BCUT2D eigenvalue weighted by Crippen LogP contribution is -2.13. The highest BCUT2D eigenvalue weighted by molar-refractivity contribution is 7.92. The van der Waals surface area contributed by atoms with E-state index in [0.717, 1.165) is 6.26 Å². The molecule has 0 atom stereocenters. The number of hydrogen-bond acceptors (Lipinski definition) is 6. The van der Waals surface area contributed by atoms with Gasteiger partial charge in [0.2, 0.25) is 10.0 Å². The molecular weight excluding hydrogens is 350 g/mol. The normalized spacial score (nSPS) is 11.2. The Balaban J connectivity index is 1.69. The molecule has 0 radical (unpaired) electrons. The highest BCUT2D eigenvalue weighted by atomic mass is 32.2. The molecule has 24 heavy (non-hydrogen) atoms. The molecule has 2 aromatic heterocycles. The van der Waals surface area contributed by atoms with Crippen molar-refractivity contribution >= 4 is 38.6 Å². The molecule has 0 fully saturated rings. The van der Waals surface area contributed by atoms with Crippen LogP contribution >= 0.6 is 11.3 Å². The zero-order chi connectivity index (χ0) is 17.2. The molecule has 3 aromatic rings. The Bertz CT molecular complexity index is 945. The number of sulfonamides is 1. The first-order chi connectivity index (χ1) is 11.4. The number of benzene rings is 1. The molecular formula is C15H13N3O4S2. The molecule has 0 aliphatic carbocycles. The Kier molecular flexibility index (Phi) is 4.36. The largest absolute Gasteiger partial charge is 0.462 e. The molecule has 0 bridgehead atoms. The van der Waals surface area contributed by atoms with Crippen molar-refractivity contribution in [1.82, 2.24) is 4.98 Å². The molecule has 124 valence electrons. The Labute approximate surface area is 142 Å². The third kappa shape index (κ3) is 4.00. The second-order valence-corrected chi connectivity index (χ2v) is 7.53. The summed E-state index contributed by atoms with van der Waals surface area (Å²) in [6.45, 7) is 0. The topological polar surface area (TPSA) is 101 Å². The van der Waals surface area contributed by atoms with Crippen LogP contribution in [0.5, 0.6) is 0 Å². The maximum atomic E-state index is 12.2. The minimum atomic E-state index is -3.33. The summed E-state index contributed by atoms with van der Waals surface area (Å²) in [6, 6.07) is 9.85. The molecule has 0 saturated carbocycles. The number of carbonyl (C=O) groups is 1. The summed E-state index contributed by atoms with van der Waals surface area (Å²) in [4.78, 5) is 16.4. The molecule has 3 rings (SSSR count). The predicted octanol–water partition coefficient (Wildman–Crippen LogP) is 3.03. The summed E-state index contributed by atoms with van der Waals surface area (Å²) < 4.78 is 29.9. The number of carbonyl (C=O) groups excluding carboxylic acids is 1. The monoisotopic (exact) mass is 363 g/mol. The van der Waals surface area contributed by atoms with E-state index >= 15 is 0 Å². The van der Waals surface area contributed by atoms with Crippen molar-refractivity contribution in [1.29, 1.82) is 0 Å². The Morgan fingerprint density at radius 3 is 2.50 bits per heavy atom. The molecule has 9 heteroatoms. The maximum absolute atomic E-state index is 12.2. The summed E-state index contributed by atoms with van der Waals surface area (Å²) in [5.74, 6) is 0.253. The van der Waals surface area contributed by atoms with Crippen LogP contribution in [0.1, 0.15) is 10.5 Å². The zero-order valence-electron chi connectivity index (χ0n) is 12.5. The van der Waals surface area contributed by atoms with E-state index in [9.17, 15) is 13.2 Å². The van der Waals surface area contributed by atoms with Gasteiger partial charge in [-0.05, 0) is 36.4 Å². The maximum Gasteiger partial charge on any atom is 0.275 e. The fourth-order valence-electron chi connectivity index (χ4n) is 1.92. The third-order valence-corrected chi connectivity index (χ3v) is 4.38. The molecule has 0 aliphatic rings. The van der Waals surface area contributed by atoms with Gasteiger partial charge in [-0.15, -0.1) is 11.3 Å². The molecule has 0 spiro atoms. The van der Waals surface area contributed by atoms with Crippen LogP contribution in [0.4, 0.5) is 11.4 Å². The number of thiazole rings is 1. The highest BCUT2D eigenvalue weighted by Gasteiger charge is 2.13. The van der Waals surface area contributed by atoms with Gasteiger partial charge in [-0.1, -0.05) is 0 Å². The van der Waals surface area contributed by atoms with Crippen LogP contribution in [0.15, 0.2) is 52.5 Å². The quantitative estimate of drug-likeness (QED) is 0.725. The van der Waals surface area contributed by atoms with Crippen molar-refractivity contribution in [3.05, 3.63) is 53.7 Å². The number of nitrogens with zero attached hydrogens (tertiary/aromatic N) is 1. The number of hydrogen-bond donors (Lipinski definition) is 2. The van der Waals surface area contributed by atoms with E-state index in [1.165, 1.54) is 11.3 Å². The van der Waals surface area contributed by atoms with Crippen molar-refractivity contribution in [2.45, 2.75) is 0 Å². The highest BCUT2D eigenvalue weighted by Crippen LogP contribution is 2.24. The standard InChI is InChI=1S/C15H13N3O4S2/c1-24(20,21)18-11-6-4-10(5-7-11)16-14(19)12-9-23-15(17-12)13-3-2-8-22-13/h2-9,18H,1H3,(H,16,19). The van der Waals surface area contributed by atoms with Crippen LogP contribution in [0.25, 0.3) is 10.8 Å². The van der Waals surface area contributed by atoms with E-state index in [2.05, 4.69) is 15.0 Å². The zero-order valence-corrected chi connectivity index (χ0v) is 14.1. The molecule has 0 unspecified atom stereocenters. The van der Waals surface area contributed by atoms with E-state index in [1.54, 1.807) is 48.0 Å². The van der Waals surface area contributed by atoms with Crippen LogP contribution in [0.2, 0.25) is 0 Å². The van der Waals surface area contributed by atoms with Crippen LogP contribution in [-0.4, -0.2) is 25.6 Å². The second-order valence-electron chi connectivity index (χ2n) is 4.92. The summed E-state index contributed by atoms with van der Waals surface area (Å²) in [6.07, 6.45) is 2.62. The number of furan rings is 1. The van der Waals surface area contributed by atoms with Crippen LogP contribution < -0.4 is 10.0 Å². The van der Waals surface area contributed by atoms with E-state index in [1.807, 2.05) is 0 Å². The lowest BCUT2D eigenvalue weighted by Gasteiger charge is -2.06. The van der Waals surface area contributed by atoms with Crippen molar-refractivity contribution in [2.75, 3.05) is 16.3 Å². The molecule has 0 aliphatic heterocycles. The molecule has 7 nitrogen and oxygen atoms in total. The van der Waals surface area contributed by atoms with Crippen LogP contribution in [0.3, 0.4) is 0 Å². The molecule has 2 heterocycles. The summed E-state index contributed by atoms with van der Waals surface area (Å²) >= 11 is 1.31. The summed E-state index contributed by atoms with van der Waals surface area (Å²) in [7, 11) is -3.33. The van der Waals surface area contributed by atoms with Crippen LogP contribution in [0, 0.1) is 0 Å². The smallest absolute Gasteiger partial charge is 0.275 e. The van der Waals surface area contributed by atoms with Crippen molar-refractivity contribution in [2.24, 2.45) is 0 Å². The second kappa shape index (κ2) is 6.46. The van der Waals surface area contributed by atoms with E-state index < -0.39 is 10.0 Å². The van der Waals surface area contributed by atoms with Crippen LogP contribution in [-0.2, 0) is 10.0 Å². The van der Waals surface area contributed by atoms with E-state index in [0.29, 0.717) is 22.1 Å². The summed E-state index contributed by atoms with van der Waals surface area (Å²) in [5.41, 5.74) is 1.24. The lowest BCUT2D eigenvalue weighted by atomic mass is 10.3. The van der Waals surface area contributed by atoms with Gasteiger partial charge in [0.1, 0.15) is 5.69 Å². The molecule has 0 saturated heterocycles. The van der Waals surface area contributed by atoms with Crippen molar-refractivity contribution in [3.8, 4) is 10.8 Å². The van der Waals surface area contributed by atoms with Gasteiger partial charge in [-0.3, -0.25) is 9.52 Å². The van der Waals surface area contributed by atoms with Gasteiger partial charge in [0.15, 0.2) is 10.8 Å². The number of anilines is 2. The first-order valence-corrected chi connectivity index (χ1v) is 9.56. The van der Waals surface area contributed by atoms with E-state index in [4.69, 9.17) is 4.42 Å². The lowest BCUT2D eigenvalue weighted by molar-refractivity contribution is 0.102. The minimum Gasteiger partial charge on any atom is -0.462 e. The van der Waals surface area contributed by atoms with Crippen molar-refractivity contribution < 1.29 is 17.6 Å². The SMILES string of the molecule is CS(=O)(=O)Nc1ccc(NC(=O)c2csc(-c3ccco3)n2)cc1. The van der Waals surface area contributed by atoms with Gasteiger partial charge in [-0.2, -0.15) is 0 Å².